The fourth-order valence-electron chi connectivity index (χ4n) is 1.31. The highest BCUT2D eigenvalue weighted by atomic mass is 32.1. The average molecular weight is 253 g/mol. The summed E-state index contributed by atoms with van der Waals surface area (Å²) in [5, 5.41) is 0. The smallest absolute Gasteiger partial charge is 0.129 e. The molecule has 0 aliphatic heterocycles. The number of aromatic nitrogens is 1. The molecule has 0 fully saturated rings. The number of likely N-dealkylation sites (N-methyl/N-ethyl adjacent to an activating group) is 1. The van der Waals surface area contributed by atoms with Crippen LogP contribution in [0.15, 0.2) is 18.2 Å². The summed E-state index contributed by atoms with van der Waals surface area (Å²) in [6.45, 7) is 5.50. The molecule has 0 saturated carbocycles. The van der Waals surface area contributed by atoms with Crippen molar-refractivity contribution in [2.75, 3.05) is 25.1 Å². The molecule has 1 heterocycles. The number of pyridine rings is 1. The molecule has 0 saturated heterocycles. The van der Waals surface area contributed by atoms with Crippen LogP contribution in [-0.4, -0.2) is 36.3 Å². The Kier molecular flexibility index (Phi) is 5.31. The normalized spacial score (nSPS) is 10.6. The number of anilines is 1. The summed E-state index contributed by atoms with van der Waals surface area (Å²) in [5.41, 5.74) is 6.20. The topological polar surface area (TPSA) is 51.4 Å². The summed E-state index contributed by atoms with van der Waals surface area (Å²) >= 11 is 4.90. The van der Waals surface area contributed by atoms with Gasteiger partial charge >= 0.3 is 0 Å². The van der Waals surface area contributed by atoms with Crippen LogP contribution >= 0.6 is 12.2 Å². The molecule has 17 heavy (non-hydrogen) atoms. The van der Waals surface area contributed by atoms with Crippen LogP contribution in [0.3, 0.4) is 0 Å². The van der Waals surface area contributed by atoms with E-state index < -0.39 is 0 Å². The molecule has 0 amide bonds. The molecule has 0 spiro atoms. The van der Waals surface area contributed by atoms with Crippen LogP contribution in [-0.2, 0) is 4.74 Å². The lowest BCUT2D eigenvalue weighted by Gasteiger charge is -2.19. The predicted molar refractivity (Wildman–Crippen MR) is 74.5 cm³/mol. The maximum absolute atomic E-state index is 5.55. The lowest BCUT2D eigenvalue weighted by molar-refractivity contribution is 0.0845. The molecule has 1 aromatic heterocycles. The molecule has 1 rings (SSSR count). The third-order valence-corrected chi connectivity index (χ3v) is 2.46. The van der Waals surface area contributed by atoms with E-state index in [0.29, 0.717) is 17.3 Å². The van der Waals surface area contributed by atoms with Crippen molar-refractivity contribution >= 4 is 23.0 Å². The lowest BCUT2D eigenvalue weighted by atomic mass is 10.3. The molecular weight excluding hydrogens is 234 g/mol. The van der Waals surface area contributed by atoms with Crippen molar-refractivity contribution in [3.05, 3.63) is 23.9 Å². The number of nitrogens with zero attached hydrogens (tertiary/aromatic N) is 2. The summed E-state index contributed by atoms with van der Waals surface area (Å²) in [5.74, 6) is 0.850. The Morgan fingerprint density at radius 3 is 2.82 bits per heavy atom. The van der Waals surface area contributed by atoms with Crippen LogP contribution in [0.4, 0.5) is 5.82 Å². The molecule has 0 aliphatic carbocycles. The van der Waals surface area contributed by atoms with Crippen molar-refractivity contribution in [1.82, 2.24) is 4.98 Å². The van der Waals surface area contributed by atoms with Gasteiger partial charge in [0.2, 0.25) is 0 Å². The minimum atomic E-state index is 0.249. The second kappa shape index (κ2) is 6.51. The van der Waals surface area contributed by atoms with E-state index in [-0.39, 0.29) is 6.10 Å². The van der Waals surface area contributed by atoms with Gasteiger partial charge in [-0.3, -0.25) is 0 Å². The number of rotatable bonds is 6. The van der Waals surface area contributed by atoms with E-state index in [1.807, 2.05) is 44.0 Å². The van der Waals surface area contributed by atoms with Crippen molar-refractivity contribution in [3.8, 4) is 0 Å². The Bertz CT molecular complexity index is 382. The number of ether oxygens (including phenoxy) is 1. The maximum atomic E-state index is 5.55. The van der Waals surface area contributed by atoms with Gasteiger partial charge in [0.15, 0.2) is 0 Å². The first-order chi connectivity index (χ1) is 8.00. The van der Waals surface area contributed by atoms with Gasteiger partial charge < -0.3 is 15.4 Å². The Morgan fingerprint density at radius 1 is 1.53 bits per heavy atom. The van der Waals surface area contributed by atoms with Gasteiger partial charge in [-0.25, -0.2) is 4.98 Å². The van der Waals surface area contributed by atoms with E-state index in [9.17, 15) is 0 Å². The zero-order valence-corrected chi connectivity index (χ0v) is 11.3. The average Bonchev–Trinajstić information content (AvgIpc) is 2.28. The minimum absolute atomic E-state index is 0.249. The highest BCUT2D eigenvalue weighted by molar-refractivity contribution is 7.80. The van der Waals surface area contributed by atoms with E-state index in [1.165, 1.54) is 0 Å². The van der Waals surface area contributed by atoms with Gasteiger partial charge in [-0.05, 0) is 26.0 Å². The second-order valence-corrected chi connectivity index (χ2v) is 4.53. The number of hydrogen-bond donors (Lipinski definition) is 1. The summed E-state index contributed by atoms with van der Waals surface area (Å²) in [7, 11) is 1.97. The Hall–Kier alpha value is -1.20. The molecule has 1 aromatic rings. The Labute approximate surface area is 108 Å². The monoisotopic (exact) mass is 253 g/mol. The summed E-state index contributed by atoms with van der Waals surface area (Å²) in [6, 6.07) is 5.64. The third kappa shape index (κ3) is 4.66. The summed E-state index contributed by atoms with van der Waals surface area (Å²) in [4.78, 5) is 6.71. The number of thiocarbonyl (C=S) groups is 1. The molecule has 0 unspecified atom stereocenters. The van der Waals surface area contributed by atoms with E-state index in [2.05, 4.69) is 4.98 Å². The second-order valence-electron chi connectivity index (χ2n) is 4.09. The summed E-state index contributed by atoms with van der Waals surface area (Å²) < 4.78 is 5.49. The third-order valence-electron chi connectivity index (χ3n) is 2.26. The van der Waals surface area contributed by atoms with E-state index in [0.717, 1.165) is 12.4 Å². The SMILES string of the molecule is CC(C)OCCN(C)c1cccc(C(N)=S)n1. The zero-order valence-electron chi connectivity index (χ0n) is 10.5. The van der Waals surface area contributed by atoms with Crippen LogP contribution in [0.1, 0.15) is 19.5 Å². The Balaban J connectivity index is 2.59. The van der Waals surface area contributed by atoms with Crippen molar-refractivity contribution in [3.63, 3.8) is 0 Å². The molecule has 5 heteroatoms. The molecule has 0 radical (unpaired) electrons. The molecule has 4 nitrogen and oxygen atoms in total. The van der Waals surface area contributed by atoms with Gasteiger partial charge in [0.05, 0.1) is 18.4 Å². The fourth-order valence-corrected chi connectivity index (χ4v) is 1.43. The van der Waals surface area contributed by atoms with E-state index in [1.54, 1.807) is 0 Å². The van der Waals surface area contributed by atoms with Gasteiger partial charge in [0.25, 0.3) is 0 Å². The van der Waals surface area contributed by atoms with Gasteiger partial charge in [-0.1, -0.05) is 18.3 Å². The standard InChI is InChI=1S/C12H19N3OS/c1-9(2)16-8-7-15(3)11-6-4-5-10(14-11)12(13)17/h4-6,9H,7-8H2,1-3H3,(H2,13,17). The van der Waals surface area contributed by atoms with Crippen molar-refractivity contribution < 1.29 is 4.74 Å². The molecule has 0 aromatic carbocycles. The molecule has 0 atom stereocenters. The molecule has 0 aliphatic rings. The zero-order chi connectivity index (χ0) is 12.8. The van der Waals surface area contributed by atoms with Gasteiger partial charge in [-0.15, -0.1) is 0 Å². The maximum Gasteiger partial charge on any atom is 0.129 e. The summed E-state index contributed by atoms with van der Waals surface area (Å²) in [6.07, 6.45) is 0.249. The predicted octanol–water partition coefficient (Wildman–Crippen LogP) is 1.58. The van der Waals surface area contributed by atoms with Gasteiger partial charge in [-0.2, -0.15) is 0 Å². The van der Waals surface area contributed by atoms with Crippen LogP contribution in [0.2, 0.25) is 0 Å². The quantitative estimate of drug-likeness (QED) is 0.780. The largest absolute Gasteiger partial charge is 0.388 e. The first kappa shape index (κ1) is 13.9. The Morgan fingerprint density at radius 2 is 2.24 bits per heavy atom. The van der Waals surface area contributed by atoms with Crippen molar-refractivity contribution in [2.24, 2.45) is 5.73 Å². The molecular formula is C12H19N3OS. The van der Waals surface area contributed by atoms with Crippen molar-refractivity contribution in [1.29, 1.82) is 0 Å². The lowest BCUT2D eigenvalue weighted by Crippen LogP contribution is -2.25. The number of hydrogen-bond acceptors (Lipinski definition) is 4. The number of nitrogens with two attached hydrogens (primary N) is 1. The van der Waals surface area contributed by atoms with Crippen LogP contribution in [0.25, 0.3) is 0 Å². The van der Waals surface area contributed by atoms with E-state index in [4.69, 9.17) is 22.7 Å². The van der Waals surface area contributed by atoms with Crippen molar-refractivity contribution in [2.45, 2.75) is 20.0 Å². The highest BCUT2D eigenvalue weighted by Crippen LogP contribution is 2.09. The highest BCUT2D eigenvalue weighted by Gasteiger charge is 2.05. The fraction of sp³-hybridized carbons (Fsp3) is 0.500. The molecule has 2 N–H and O–H groups in total. The van der Waals surface area contributed by atoms with Gasteiger partial charge in [0, 0.05) is 13.6 Å². The van der Waals surface area contributed by atoms with Gasteiger partial charge in [0.1, 0.15) is 10.8 Å². The van der Waals surface area contributed by atoms with Crippen LogP contribution < -0.4 is 10.6 Å². The molecule has 94 valence electrons. The van der Waals surface area contributed by atoms with Crippen LogP contribution in [0, 0.1) is 0 Å². The molecule has 0 bridgehead atoms. The minimum Gasteiger partial charge on any atom is -0.388 e. The van der Waals surface area contributed by atoms with E-state index >= 15 is 0 Å². The first-order valence-corrected chi connectivity index (χ1v) is 6.01. The van der Waals surface area contributed by atoms with Crippen LogP contribution in [0.5, 0.6) is 0 Å². The first-order valence-electron chi connectivity index (χ1n) is 5.60.